The Morgan fingerprint density at radius 1 is 0.612 bits per heavy atom. The van der Waals surface area contributed by atoms with Crippen molar-refractivity contribution in [2.24, 2.45) is 0 Å². The van der Waals surface area contributed by atoms with E-state index in [4.69, 9.17) is 4.11 Å². The molecule has 0 aliphatic carbocycles. The summed E-state index contributed by atoms with van der Waals surface area (Å²) in [7, 11) is 0. The highest BCUT2D eigenvalue weighted by atomic mass is 32.1. The van der Waals surface area contributed by atoms with Crippen LogP contribution in [0.3, 0.4) is 0 Å². The van der Waals surface area contributed by atoms with Crippen LogP contribution in [0, 0.1) is 6.85 Å². The van der Waals surface area contributed by atoms with Crippen LogP contribution in [0.25, 0.3) is 81.0 Å². The molecule has 2 nitrogen and oxygen atoms in total. The largest absolute Gasteiger partial charge is 0.294 e. The molecule has 1 N–H and O–H groups in total. The Hall–Kier alpha value is -5.25. The number of para-hydroxylation sites is 2. The second-order valence-corrected chi connectivity index (χ2v) is 14.9. The molecule has 0 unspecified atom stereocenters. The van der Waals surface area contributed by atoms with Crippen LogP contribution in [0.15, 0.2) is 127 Å². The maximum absolute atomic E-state index is 8.31. The Morgan fingerprint density at radius 2 is 1.31 bits per heavy atom. The third kappa shape index (κ3) is 4.71. The number of nitrogens with one attached hydrogen (secondary N) is 1. The Bertz CT molecular complexity index is 2810. The molecular weight excluding hydrogens is 613 g/mol. The molecule has 0 saturated carbocycles. The van der Waals surface area contributed by atoms with E-state index in [2.05, 4.69) is 134 Å². The predicted molar refractivity (Wildman–Crippen MR) is 212 cm³/mol. The SMILES string of the molecule is [2H]C([2H])([2H])c1cc2cc3sc4c(-c5[nH]c6ccccc6[n+]5-c5c(C(C)C)cc(-c6ccccc6)cc5C(C)C)cccc4c3cc2c2ccccc12. The third-order valence-electron chi connectivity index (χ3n) is 10.1. The number of thiophene rings is 1. The van der Waals surface area contributed by atoms with E-state index in [1.807, 2.05) is 30.3 Å². The first-order chi connectivity index (χ1) is 25.1. The number of aromatic amines is 1. The molecule has 0 fully saturated rings. The monoisotopic (exact) mass is 654 g/mol. The van der Waals surface area contributed by atoms with Crippen molar-refractivity contribution in [2.45, 2.75) is 46.4 Å². The van der Waals surface area contributed by atoms with E-state index in [-0.39, 0.29) is 11.8 Å². The normalized spacial score (nSPS) is 13.3. The van der Waals surface area contributed by atoms with E-state index in [9.17, 15) is 0 Å². The fourth-order valence-corrected chi connectivity index (χ4v) is 8.95. The van der Waals surface area contributed by atoms with Gasteiger partial charge in [0.25, 0.3) is 5.82 Å². The Kier molecular flexibility index (Phi) is 6.22. The van der Waals surface area contributed by atoms with Crippen molar-refractivity contribution in [2.75, 3.05) is 0 Å². The van der Waals surface area contributed by atoms with Crippen molar-refractivity contribution in [1.29, 1.82) is 0 Å². The second-order valence-electron chi connectivity index (χ2n) is 13.8. The van der Waals surface area contributed by atoms with Crippen LogP contribution >= 0.6 is 11.3 Å². The van der Waals surface area contributed by atoms with Gasteiger partial charge in [0.05, 0.1) is 10.3 Å². The predicted octanol–water partition coefficient (Wildman–Crippen LogP) is 13.0. The lowest BCUT2D eigenvalue weighted by Crippen LogP contribution is -2.35. The van der Waals surface area contributed by atoms with Gasteiger partial charge >= 0.3 is 0 Å². The van der Waals surface area contributed by atoms with Gasteiger partial charge in [-0.25, -0.2) is 4.98 Å². The minimum Gasteiger partial charge on any atom is -0.236 e. The Balaban J connectivity index is 1.35. The van der Waals surface area contributed by atoms with E-state index in [1.165, 1.54) is 43.4 Å². The van der Waals surface area contributed by atoms with Crippen molar-refractivity contribution < 1.29 is 8.68 Å². The number of H-pyrrole nitrogens is 1. The quantitative estimate of drug-likeness (QED) is 0.141. The average molecular weight is 655 g/mol. The number of rotatable bonds is 5. The highest BCUT2D eigenvalue weighted by Gasteiger charge is 2.30. The van der Waals surface area contributed by atoms with E-state index >= 15 is 0 Å². The molecule has 3 heteroatoms. The smallest absolute Gasteiger partial charge is 0.236 e. The average Bonchev–Trinajstić information content (AvgIpc) is 3.71. The number of aromatic nitrogens is 2. The summed E-state index contributed by atoms with van der Waals surface area (Å²) in [5.41, 5.74) is 10.1. The zero-order chi connectivity index (χ0) is 35.9. The van der Waals surface area contributed by atoms with Crippen LogP contribution in [-0.2, 0) is 0 Å². The van der Waals surface area contributed by atoms with Gasteiger partial charge in [0.2, 0.25) is 0 Å². The number of benzene rings is 7. The van der Waals surface area contributed by atoms with E-state index < -0.39 is 6.85 Å². The van der Waals surface area contributed by atoms with Gasteiger partial charge in [-0.3, -0.25) is 0 Å². The molecule has 9 rings (SSSR count). The van der Waals surface area contributed by atoms with Gasteiger partial charge in [0, 0.05) is 30.7 Å². The molecule has 0 atom stereocenters. The minimum atomic E-state index is -2.21. The summed E-state index contributed by atoms with van der Waals surface area (Å²) in [5, 5.41) is 6.16. The first kappa shape index (κ1) is 26.7. The fourth-order valence-electron chi connectivity index (χ4n) is 7.70. The summed E-state index contributed by atoms with van der Waals surface area (Å²) in [5.74, 6) is 1.62. The molecule has 0 amide bonds. The van der Waals surface area contributed by atoms with Crippen molar-refractivity contribution in [3.05, 3.63) is 144 Å². The molecule has 9 aromatic rings. The lowest BCUT2D eigenvalue weighted by molar-refractivity contribution is -0.556. The van der Waals surface area contributed by atoms with Crippen LogP contribution in [0.5, 0.6) is 0 Å². The van der Waals surface area contributed by atoms with Gasteiger partial charge in [-0.15, -0.1) is 11.3 Å². The van der Waals surface area contributed by atoms with E-state index in [1.54, 1.807) is 11.3 Å². The van der Waals surface area contributed by atoms with Crippen molar-refractivity contribution in [3.63, 3.8) is 0 Å². The first-order valence-corrected chi connectivity index (χ1v) is 18.0. The number of hydrogen-bond donors (Lipinski definition) is 1. The first-order valence-electron chi connectivity index (χ1n) is 18.7. The zero-order valence-electron chi connectivity index (χ0n) is 31.1. The lowest BCUT2D eigenvalue weighted by Gasteiger charge is -2.20. The van der Waals surface area contributed by atoms with Crippen LogP contribution in [0.1, 0.15) is 60.3 Å². The summed E-state index contributed by atoms with van der Waals surface area (Å²) in [4.78, 5) is 3.88. The van der Waals surface area contributed by atoms with Crippen LogP contribution in [0.2, 0.25) is 0 Å². The maximum Gasteiger partial charge on any atom is 0.294 e. The molecule has 0 saturated heterocycles. The van der Waals surface area contributed by atoms with Gasteiger partial charge in [-0.05, 0) is 99.4 Å². The highest BCUT2D eigenvalue weighted by molar-refractivity contribution is 7.26. The molecule has 0 aliphatic rings. The van der Waals surface area contributed by atoms with Gasteiger partial charge in [0.15, 0.2) is 11.0 Å². The summed E-state index contributed by atoms with van der Waals surface area (Å²) in [6.07, 6.45) is 0. The van der Waals surface area contributed by atoms with Crippen molar-refractivity contribution in [1.82, 2.24) is 4.98 Å². The third-order valence-corrected chi connectivity index (χ3v) is 11.3. The molecule has 2 aromatic heterocycles. The van der Waals surface area contributed by atoms with E-state index in [0.717, 1.165) is 48.7 Å². The van der Waals surface area contributed by atoms with Gasteiger partial charge in [-0.1, -0.05) is 113 Å². The van der Waals surface area contributed by atoms with Gasteiger partial charge in [-0.2, -0.15) is 4.57 Å². The molecule has 0 bridgehead atoms. The maximum atomic E-state index is 8.31. The topological polar surface area (TPSA) is 19.7 Å². The minimum absolute atomic E-state index is 0.285. The molecule has 0 radical (unpaired) electrons. The molecule has 0 aliphatic heterocycles. The van der Waals surface area contributed by atoms with E-state index in [0.29, 0.717) is 5.56 Å². The Labute approximate surface area is 295 Å². The van der Waals surface area contributed by atoms with Gasteiger partial charge in [0.1, 0.15) is 5.69 Å². The molecule has 49 heavy (non-hydrogen) atoms. The molecule has 2 heterocycles. The number of imidazole rings is 1. The molecule has 7 aromatic carbocycles. The number of nitrogens with zero attached hydrogens (tertiary/aromatic N) is 1. The molecular formula is C46H39N2S+. The second kappa shape index (κ2) is 11.4. The number of hydrogen-bond acceptors (Lipinski definition) is 1. The summed E-state index contributed by atoms with van der Waals surface area (Å²) in [6, 6.07) is 45.0. The van der Waals surface area contributed by atoms with Crippen molar-refractivity contribution >= 4 is 64.1 Å². The summed E-state index contributed by atoms with van der Waals surface area (Å²) < 4.78 is 29.7. The Morgan fingerprint density at radius 3 is 2.06 bits per heavy atom. The van der Waals surface area contributed by atoms with Crippen LogP contribution in [-0.4, -0.2) is 4.98 Å². The highest BCUT2D eigenvalue weighted by Crippen LogP contribution is 2.43. The van der Waals surface area contributed by atoms with Crippen LogP contribution in [0.4, 0.5) is 0 Å². The fraction of sp³-hybridized carbons (Fsp3) is 0.152. The van der Waals surface area contributed by atoms with Crippen LogP contribution < -0.4 is 4.57 Å². The molecule has 238 valence electrons. The van der Waals surface area contributed by atoms with Gasteiger partial charge < -0.3 is 0 Å². The molecule has 0 spiro atoms. The number of fused-ring (bicyclic) bond motifs is 7. The summed E-state index contributed by atoms with van der Waals surface area (Å²) >= 11 is 1.78. The zero-order valence-corrected chi connectivity index (χ0v) is 29.0. The summed E-state index contributed by atoms with van der Waals surface area (Å²) in [6.45, 7) is 6.98. The standard InChI is InChI=1S/C46H38N2S/c1-27(2)37-23-31(30-14-7-6-8-15-30)24-38(28(3)4)44(37)48-42-21-12-11-20-41(42)47-46(48)36-19-13-18-35-40-26-39-32(25-43(40)49-45(35)36)22-29(5)33-16-9-10-17-34(33)39/h6-28H,1-5H3/p+1/i5D3. The number of aryl methyl sites for hydroxylation is 1. The lowest BCUT2D eigenvalue weighted by atomic mass is 9.88. The van der Waals surface area contributed by atoms with Crippen molar-refractivity contribution in [3.8, 4) is 28.2 Å².